The molecular formula is C16H15IN4. The van der Waals surface area contributed by atoms with Gasteiger partial charge in [0.1, 0.15) is 5.82 Å². The van der Waals surface area contributed by atoms with Gasteiger partial charge in [0.25, 0.3) is 0 Å². The van der Waals surface area contributed by atoms with Crippen LogP contribution in [0.25, 0.3) is 22.3 Å². The Hall–Kier alpha value is -1.73. The van der Waals surface area contributed by atoms with E-state index in [-0.39, 0.29) is 0 Å². The van der Waals surface area contributed by atoms with Crippen molar-refractivity contribution in [2.45, 2.75) is 0 Å². The zero-order valence-electron chi connectivity index (χ0n) is 11.4. The van der Waals surface area contributed by atoms with E-state index in [0.717, 1.165) is 28.1 Å². The van der Waals surface area contributed by atoms with E-state index in [4.69, 9.17) is 5.73 Å². The molecule has 1 heterocycles. The van der Waals surface area contributed by atoms with E-state index in [9.17, 15) is 0 Å². The maximum atomic E-state index is 5.58. The fraction of sp³-hybridized carbons (Fsp3) is 0.125. The lowest BCUT2D eigenvalue weighted by Crippen LogP contribution is -2.14. The Bertz CT molecular complexity index is 756. The van der Waals surface area contributed by atoms with E-state index in [2.05, 4.69) is 50.0 Å². The fourth-order valence-electron chi connectivity index (χ4n) is 2.13. The van der Waals surface area contributed by atoms with E-state index < -0.39 is 0 Å². The molecule has 0 bridgehead atoms. The number of benzene rings is 2. The molecule has 3 rings (SSSR count). The summed E-state index contributed by atoms with van der Waals surface area (Å²) in [5.74, 6) is 1.56. The SMILES string of the molecule is NCCNc1nc(-c2ccc(I)cc2)nc2ccccc12. The molecule has 5 heteroatoms. The first-order valence-electron chi connectivity index (χ1n) is 6.74. The predicted octanol–water partition coefficient (Wildman–Crippen LogP) is 3.27. The molecule has 1 aromatic heterocycles. The van der Waals surface area contributed by atoms with Gasteiger partial charge in [0, 0.05) is 27.6 Å². The number of anilines is 1. The Morgan fingerprint density at radius 2 is 1.76 bits per heavy atom. The Morgan fingerprint density at radius 3 is 2.52 bits per heavy atom. The van der Waals surface area contributed by atoms with Gasteiger partial charge < -0.3 is 11.1 Å². The van der Waals surface area contributed by atoms with Crippen molar-refractivity contribution in [2.75, 3.05) is 18.4 Å². The number of fused-ring (bicyclic) bond motifs is 1. The van der Waals surface area contributed by atoms with Crippen LogP contribution in [0.2, 0.25) is 0 Å². The molecule has 21 heavy (non-hydrogen) atoms. The molecule has 0 aliphatic carbocycles. The molecule has 0 saturated heterocycles. The van der Waals surface area contributed by atoms with Gasteiger partial charge in [0.15, 0.2) is 5.82 Å². The number of halogens is 1. The Labute approximate surface area is 136 Å². The topological polar surface area (TPSA) is 63.8 Å². The monoisotopic (exact) mass is 390 g/mol. The zero-order chi connectivity index (χ0) is 14.7. The van der Waals surface area contributed by atoms with Crippen molar-refractivity contribution in [1.82, 2.24) is 9.97 Å². The molecule has 0 fully saturated rings. The molecule has 0 aliphatic heterocycles. The van der Waals surface area contributed by atoms with E-state index in [1.165, 1.54) is 3.57 Å². The fourth-order valence-corrected chi connectivity index (χ4v) is 2.49. The smallest absolute Gasteiger partial charge is 0.162 e. The lowest BCUT2D eigenvalue weighted by atomic mass is 10.2. The predicted molar refractivity (Wildman–Crippen MR) is 95.2 cm³/mol. The minimum absolute atomic E-state index is 0.567. The normalized spacial score (nSPS) is 10.8. The van der Waals surface area contributed by atoms with Gasteiger partial charge in [-0.2, -0.15) is 0 Å². The average molecular weight is 390 g/mol. The molecule has 0 spiro atoms. The summed E-state index contributed by atoms with van der Waals surface area (Å²) in [6.07, 6.45) is 0. The summed E-state index contributed by atoms with van der Waals surface area (Å²) in [5, 5.41) is 4.30. The minimum Gasteiger partial charge on any atom is -0.368 e. The van der Waals surface area contributed by atoms with Gasteiger partial charge in [-0.25, -0.2) is 9.97 Å². The molecule has 0 saturated carbocycles. The van der Waals surface area contributed by atoms with E-state index in [1.807, 2.05) is 36.4 Å². The third-order valence-corrected chi connectivity index (χ3v) is 3.86. The van der Waals surface area contributed by atoms with Crippen molar-refractivity contribution < 1.29 is 0 Å². The summed E-state index contributed by atoms with van der Waals surface area (Å²) < 4.78 is 1.19. The van der Waals surface area contributed by atoms with Crippen LogP contribution in [-0.2, 0) is 0 Å². The number of para-hydroxylation sites is 1. The molecule has 3 aromatic rings. The quantitative estimate of drug-likeness (QED) is 0.672. The molecule has 3 N–H and O–H groups in total. The second-order valence-corrected chi connectivity index (χ2v) is 5.88. The van der Waals surface area contributed by atoms with E-state index in [1.54, 1.807) is 0 Å². The van der Waals surface area contributed by atoms with Gasteiger partial charge in [0.2, 0.25) is 0 Å². The van der Waals surface area contributed by atoms with Crippen LogP contribution < -0.4 is 11.1 Å². The van der Waals surface area contributed by atoms with Crippen LogP contribution in [0, 0.1) is 3.57 Å². The largest absolute Gasteiger partial charge is 0.368 e. The molecule has 0 atom stereocenters. The molecule has 0 aliphatic rings. The van der Waals surface area contributed by atoms with Crippen LogP contribution in [0.5, 0.6) is 0 Å². The number of hydrogen-bond donors (Lipinski definition) is 2. The molecule has 0 radical (unpaired) electrons. The summed E-state index contributed by atoms with van der Waals surface area (Å²) in [6.45, 7) is 1.25. The highest BCUT2D eigenvalue weighted by Gasteiger charge is 2.08. The minimum atomic E-state index is 0.567. The van der Waals surface area contributed by atoms with Crippen LogP contribution in [0.1, 0.15) is 0 Å². The summed E-state index contributed by atoms with van der Waals surface area (Å²) in [4.78, 5) is 9.32. The molecule has 0 amide bonds. The highest BCUT2D eigenvalue weighted by molar-refractivity contribution is 14.1. The summed E-state index contributed by atoms with van der Waals surface area (Å²) in [5.41, 5.74) is 7.52. The summed E-state index contributed by atoms with van der Waals surface area (Å²) in [7, 11) is 0. The van der Waals surface area contributed by atoms with Crippen molar-refractivity contribution in [3.8, 4) is 11.4 Å². The second kappa shape index (κ2) is 6.36. The third kappa shape index (κ3) is 3.14. The molecule has 0 unspecified atom stereocenters. The molecular weight excluding hydrogens is 375 g/mol. The van der Waals surface area contributed by atoms with Crippen molar-refractivity contribution in [3.05, 3.63) is 52.1 Å². The van der Waals surface area contributed by atoms with Gasteiger partial charge in [0.05, 0.1) is 5.52 Å². The maximum absolute atomic E-state index is 5.58. The van der Waals surface area contributed by atoms with Gasteiger partial charge in [-0.15, -0.1) is 0 Å². The highest BCUT2D eigenvalue weighted by Crippen LogP contribution is 2.25. The lowest BCUT2D eigenvalue weighted by Gasteiger charge is -2.10. The number of hydrogen-bond acceptors (Lipinski definition) is 4. The lowest BCUT2D eigenvalue weighted by molar-refractivity contribution is 1.01. The second-order valence-electron chi connectivity index (χ2n) is 4.64. The Balaban J connectivity index is 2.12. The first kappa shape index (κ1) is 14.2. The van der Waals surface area contributed by atoms with Crippen LogP contribution in [-0.4, -0.2) is 23.1 Å². The van der Waals surface area contributed by atoms with Crippen LogP contribution in [0.3, 0.4) is 0 Å². The van der Waals surface area contributed by atoms with Crippen molar-refractivity contribution in [3.63, 3.8) is 0 Å². The van der Waals surface area contributed by atoms with Crippen molar-refractivity contribution >= 4 is 39.3 Å². The highest BCUT2D eigenvalue weighted by atomic mass is 127. The average Bonchev–Trinajstić information content (AvgIpc) is 2.53. The first-order valence-corrected chi connectivity index (χ1v) is 7.82. The Kier molecular flexibility index (Phi) is 4.31. The van der Waals surface area contributed by atoms with E-state index >= 15 is 0 Å². The Morgan fingerprint density at radius 1 is 1.00 bits per heavy atom. The van der Waals surface area contributed by atoms with Crippen LogP contribution >= 0.6 is 22.6 Å². The number of nitrogens with two attached hydrogens (primary N) is 1. The number of aromatic nitrogens is 2. The maximum Gasteiger partial charge on any atom is 0.162 e. The van der Waals surface area contributed by atoms with Crippen molar-refractivity contribution in [2.24, 2.45) is 5.73 Å². The van der Waals surface area contributed by atoms with Gasteiger partial charge in [-0.05, 0) is 46.9 Å². The molecule has 106 valence electrons. The zero-order valence-corrected chi connectivity index (χ0v) is 13.5. The summed E-state index contributed by atoms with van der Waals surface area (Å²) in [6, 6.07) is 16.2. The standard InChI is InChI=1S/C16H15IN4/c17-12-7-5-11(6-8-12)15-20-14-4-2-1-3-13(14)16(21-15)19-10-9-18/h1-8H,9-10,18H2,(H,19,20,21). The first-order chi connectivity index (χ1) is 10.3. The van der Waals surface area contributed by atoms with E-state index in [0.29, 0.717) is 13.1 Å². The van der Waals surface area contributed by atoms with Gasteiger partial charge in [-0.3, -0.25) is 0 Å². The van der Waals surface area contributed by atoms with Gasteiger partial charge >= 0.3 is 0 Å². The summed E-state index contributed by atoms with van der Waals surface area (Å²) >= 11 is 2.29. The number of rotatable bonds is 4. The third-order valence-electron chi connectivity index (χ3n) is 3.14. The van der Waals surface area contributed by atoms with Crippen LogP contribution in [0.4, 0.5) is 5.82 Å². The molecule has 4 nitrogen and oxygen atoms in total. The van der Waals surface area contributed by atoms with Crippen molar-refractivity contribution in [1.29, 1.82) is 0 Å². The van der Waals surface area contributed by atoms with Gasteiger partial charge in [-0.1, -0.05) is 24.3 Å². The number of nitrogens with zero attached hydrogens (tertiary/aromatic N) is 2. The number of nitrogens with one attached hydrogen (secondary N) is 1. The molecule has 2 aromatic carbocycles. The van der Waals surface area contributed by atoms with Crippen LogP contribution in [0.15, 0.2) is 48.5 Å².